The van der Waals surface area contributed by atoms with Crippen LogP contribution in [0, 0.1) is 0 Å². The highest BCUT2D eigenvalue weighted by atomic mass is 35.5. The molecule has 0 amide bonds. The monoisotopic (exact) mass is 276 g/mol. The third-order valence-corrected chi connectivity index (χ3v) is 4.48. The van der Waals surface area contributed by atoms with E-state index < -0.39 is 11.9 Å². The van der Waals surface area contributed by atoms with Gasteiger partial charge in [0.2, 0.25) is 0 Å². The van der Waals surface area contributed by atoms with Gasteiger partial charge >= 0.3 is 5.97 Å². The molecule has 1 rings (SSSR count). The fraction of sp³-hybridized carbons (Fsp3) is 0.364. The van der Waals surface area contributed by atoms with Crippen LogP contribution in [0.1, 0.15) is 18.4 Å². The number of hydrogen-bond acceptors (Lipinski definition) is 3. The van der Waals surface area contributed by atoms with Gasteiger partial charge in [-0.05, 0) is 37.1 Å². The molecule has 0 spiro atoms. The van der Waals surface area contributed by atoms with Gasteiger partial charge in [0, 0.05) is 9.79 Å². The molecule has 88 valence electrons. The molecule has 1 N–H and O–H groups in total. The Morgan fingerprint density at radius 2 is 2.00 bits per heavy atom. The molecule has 0 aliphatic carbocycles. The zero-order chi connectivity index (χ0) is 12.3. The topological polar surface area (TPSA) is 37.3 Å². The minimum atomic E-state index is -0.833. The molecule has 1 unspecified atom stereocenters. The van der Waals surface area contributed by atoms with Gasteiger partial charge in [-0.3, -0.25) is 4.79 Å². The lowest BCUT2D eigenvalue weighted by Gasteiger charge is -2.13. The lowest BCUT2D eigenvalue weighted by Crippen LogP contribution is -2.07. The molecule has 1 aromatic rings. The van der Waals surface area contributed by atoms with Gasteiger partial charge in [-0.2, -0.15) is 0 Å². The summed E-state index contributed by atoms with van der Waals surface area (Å²) in [7, 11) is 0. The van der Waals surface area contributed by atoms with Gasteiger partial charge in [0.05, 0.1) is 10.9 Å². The van der Waals surface area contributed by atoms with E-state index >= 15 is 0 Å². The first-order valence-corrected chi connectivity index (χ1v) is 7.48. The van der Waals surface area contributed by atoms with Crippen LogP contribution in [-0.4, -0.2) is 23.6 Å². The average molecular weight is 277 g/mol. The Balaban J connectivity index is 3.25. The lowest BCUT2D eigenvalue weighted by molar-refractivity contribution is -0.138. The predicted octanol–water partition coefficient (Wildman–Crippen LogP) is 3.97. The van der Waals surface area contributed by atoms with Crippen LogP contribution in [0.3, 0.4) is 0 Å². The molecule has 1 atom stereocenters. The number of hydrogen-bond donors (Lipinski definition) is 1. The van der Waals surface area contributed by atoms with Crippen LogP contribution >= 0.6 is 35.1 Å². The highest BCUT2D eigenvalue weighted by Gasteiger charge is 2.17. The number of carbonyl (C=O) groups is 1. The molecule has 0 aromatic heterocycles. The second-order valence-electron chi connectivity index (χ2n) is 3.30. The van der Waals surface area contributed by atoms with E-state index in [2.05, 4.69) is 0 Å². The van der Waals surface area contributed by atoms with Crippen molar-refractivity contribution in [2.24, 2.45) is 0 Å². The van der Waals surface area contributed by atoms with Gasteiger partial charge in [-0.25, -0.2) is 0 Å². The molecule has 0 heterocycles. The van der Waals surface area contributed by atoms with Crippen molar-refractivity contribution in [3.8, 4) is 0 Å². The first kappa shape index (κ1) is 13.7. The van der Waals surface area contributed by atoms with Crippen molar-refractivity contribution in [2.75, 3.05) is 12.5 Å². The summed E-state index contributed by atoms with van der Waals surface area (Å²) in [5, 5.41) is 9.59. The van der Waals surface area contributed by atoms with Crippen molar-refractivity contribution in [3.63, 3.8) is 0 Å². The van der Waals surface area contributed by atoms with E-state index in [1.165, 1.54) is 0 Å². The van der Waals surface area contributed by atoms with E-state index in [1.54, 1.807) is 36.5 Å². The average Bonchev–Trinajstić information content (AvgIpc) is 2.26. The Morgan fingerprint density at radius 1 is 1.38 bits per heavy atom. The largest absolute Gasteiger partial charge is 0.481 e. The molecule has 1 aromatic carbocycles. The molecule has 0 fully saturated rings. The summed E-state index contributed by atoms with van der Waals surface area (Å²) in [4.78, 5) is 13.0. The smallest absolute Gasteiger partial charge is 0.310 e. The number of thioether (sulfide) groups is 2. The maximum atomic E-state index is 10.9. The van der Waals surface area contributed by atoms with Crippen molar-refractivity contribution in [1.29, 1.82) is 0 Å². The third-order valence-electron chi connectivity index (χ3n) is 2.33. The van der Waals surface area contributed by atoms with Crippen LogP contribution in [0.4, 0.5) is 0 Å². The maximum absolute atomic E-state index is 10.9. The van der Waals surface area contributed by atoms with Crippen LogP contribution in [0.25, 0.3) is 0 Å². The number of carboxylic acids is 1. The molecule has 5 heteroatoms. The SMILES string of the molecule is CSc1cc(C(C)C(=O)O)cc(Cl)c1SC. The molecule has 0 saturated carbocycles. The van der Waals surface area contributed by atoms with Crippen LogP contribution in [0.2, 0.25) is 5.02 Å². The number of halogens is 1. The van der Waals surface area contributed by atoms with Gasteiger partial charge in [0.15, 0.2) is 0 Å². The summed E-state index contributed by atoms with van der Waals surface area (Å²) in [5.74, 6) is -1.36. The van der Waals surface area contributed by atoms with Gasteiger partial charge in [-0.1, -0.05) is 11.6 Å². The van der Waals surface area contributed by atoms with Gasteiger partial charge in [0.1, 0.15) is 0 Å². The fourth-order valence-corrected chi connectivity index (χ4v) is 3.41. The van der Waals surface area contributed by atoms with E-state index in [0.717, 1.165) is 15.4 Å². The maximum Gasteiger partial charge on any atom is 0.310 e. The van der Waals surface area contributed by atoms with Crippen molar-refractivity contribution < 1.29 is 9.90 Å². The second-order valence-corrected chi connectivity index (χ2v) is 5.37. The molecule has 16 heavy (non-hydrogen) atoms. The van der Waals surface area contributed by atoms with Gasteiger partial charge < -0.3 is 5.11 Å². The first-order valence-electron chi connectivity index (χ1n) is 4.65. The quantitative estimate of drug-likeness (QED) is 0.845. The standard InChI is InChI=1S/C11H13ClO2S2/c1-6(11(13)14)7-4-8(12)10(16-3)9(5-7)15-2/h4-6H,1-3H3,(H,13,14). The van der Waals surface area contributed by atoms with E-state index in [4.69, 9.17) is 16.7 Å². The molecule has 0 bridgehead atoms. The molecule has 0 aliphatic rings. The predicted molar refractivity (Wildman–Crippen MR) is 71.1 cm³/mol. The van der Waals surface area contributed by atoms with Crippen LogP contribution < -0.4 is 0 Å². The number of carboxylic acid groups (broad SMARTS) is 1. The Kier molecular flexibility index (Phi) is 5.02. The van der Waals surface area contributed by atoms with E-state index in [0.29, 0.717) is 5.02 Å². The Morgan fingerprint density at radius 3 is 2.44 bits per heavy atom. The summed E-state index contributed by atoms with van der Waals surface area (Å²) >= 11 is 9.29. The lowest BCUT2D eigenvalue weighted by atomic mass is 10.0. The number of aliphatic carboxylic acids is 1. The van der Waals surface area contributed by atoms with E-state index in [-0.39, 0.29) is 0 Å². The summed E-state index contributed by atoms with van der Waals surface area (Å²) in [6.07, 6.45) is 3.92. The van der Waals surface area contributed by atoms with Gasteiger partial charge in [0.25, 0.3) is 0 Å². The second kappa shape index (κ2) is 5.84. The minimum Gasteiger partial charge on any atom is -0.481 e. The normalized spacial score (nSPS) is 12.5. The Labute approximate surface area is 109 Å². The Hall–Kier alpha value is -0.320. The van der Waals surface area contributed by atoms with Crippen molar-refractivity contribution in [1.82, 2.24) is 0 Å². The van der Waals surface area contributed by atoms with Crippen molar-refractivity contribution >= 4 is 41.1 Å². The zero-order valence-electron chi connectivity index (χ0n) is 9.28. The van der Waals surface area contributed by atoms with Crippen LogP contribution in [-0.2, 0) is 4.79 Å². The minimum absolute atomic E-state index is 0.528. The fourth-order valence-electron chi connectivity index (χ4n) is 1.33. The molecule has 0 saturated heterocycles. The van der Waals surface area contributed by atoms with E-state index in [9.17, 15) is 4.79 Å². The number of benzene rings is 1. The van der Waals surface area contributed by atoms with E-state index in [1.807, 2.05) is 18.6 Å². The van der Waals surface area contributed by atoms with Crippen LogP contribution in [0.5, 0.6) is 0 Å². The zero-order valence-corrected chi connectivity index (χ0v) is 11.7. The van der Waals surface area contributed by atoms with Crippen molar-refractivity contribution in [3.05, 3.63) is 22.7 Å². The van der Waals surface area contributed by atoms with Gasteiger partial charge in [-0.15, -0.1) is 23.5 Å². The van der Waals surface area contributed by atoms with Crippen molar-refractivity contribution in [2.45, 2.75) is 22.6 Å². The molecule has 0 aliphatic heterocycles. The molecule has 2 nitrogen and oxygen atoms in total. The molecule has 0 radical (unpaired) electrons. The third kappa shape index (κ3) is 2.87. The Bertz CT molecular complexity index is 407. The summed E-state index contributed by atoms with van der Waals surface area (Å²) in [6.45, 7) is 1.66. The highest BCUT2D eigenvalue weighted by molar-refractivity contribution is 8.01. The summed E-state index contributed by atoms with van der Waals surface area (Å²) in [5.41, 5.74) is 0.750. The first-order chi connectivity index (χ1) is 7.51. The number of rotatable bonds is 4. The van der Waals surface area contributed by atoms with Crippen LogP contribution in [0.15, 0.2) is 21.9 Å². The highest BCUT2D eigenvalue weighted by Crippen LogP contribution is 2.37. The molecular formula is C11H13ClO2S2. The molecular weight excluding hydrogens is 264 g/mol. The summed E-state index contributed by atoms with van der Waals surface area (Å²) in [6, 6.07) is 3.65. The summed E-state index contributed by atoms with van der Waals surface area (Å²) < 4.78 is 0.